The van der Waals surface area contributed by atoms with Crippen molar-refractivity contribution in [2.75, 3.05) is 7.05 Å². The second-order valence-electron chi connectivity index (χ2n) is 3.65. The van der Waals surface area contributed by atoms with Crippen LogP contribution < -0.4 is 10.7 Å². The number of rotatable bonds is 2. The number of amides is 1. The van der Waals surface area contributed by atoms with Crippen molar-refractivity contribution in [2.45, 2.75) is 0 Å². The monoisotopic (exact) mass is 245 g/mol. The van der Waals surface area contributed by atoms with E-state index in [1.807, 2.05) is 0 Å². The molecule has 0 spiro atoms. The van der Waals surface area contributed by atoms with Gasteiger partial charge in [-0.2, -0.15) is 0 Å². The molecule has 0 radical (unpaired) electrons. The van der Waals surface area contributed by atoms with Gasteiger partial charge in [-0.25, -0.2) is 0 Å². The van der Waals surface area contributed by atoms with Crippen molar-refractivity contribution in [3.8, 4) is 5.75 Å². The molecule has 1 heterocycles. The van der Waals surface area contributed by atoms with Crippen LogP contribution in [0.25, 0.3) is 17.0 Å². The standard InChI is InChI=1S/C13H11NO4/c1-14-12(16)5-2-8-7-18-11-6-9(15)3-4-10(11)13(8)17/h2-7,15H,1H3,(H,14,16)/b5-2+. The maximum absolute atomic E-state index is 12.0. The molecule has 2 aromatic rings. The fraction of sp³-hybridized carbons (Fsp3) is 0.0769. The number of hydrogen-bond donors (Lipinski definition) is 2. The van der Waals surface area contributed by atoms with Crippen molar-refractivity contribution < 1.29 is 14.3 Å². The van der Waals surface area contributed by atoms with Gasteiger partial charge >= 0.3 is 0 Å². The van der Waals surface area contributed by atoms with Gasteiger partial charge < -0.3 is 14.8 Å². The normalized spacial score (nSPS) is 10.9. The van der Waals surface area contributed by atoms with Crippen molar-refractivity contribution in [3.05, 3.63) is 46.3 Å². The molecule has 92 valence electrons. The Hall–Kier alpha value is -2.56. The van der Waals surface area contributed by atoms with Crippen molar-refractivity contribution in [1.29, 1.82) is 0 Å². The van der Waals surface area contributed by atoms with E-state index in [-0.39, 0.29) is 22.6 Å². The van der Waals surface area contributed by atoms with Crippen LogP contribution in [0.5, 0.6) is 5.75 Å². The van der Waals surface area contributed by atoms with E-state index in [9.17, 15) is 14.7 Å². The number of phenolic OH excluding ortho intramolecular Hbond substituents is 1. The lowest BCUT2D eigenvalue weighted by Crippen LogP contribution is -2.14. The van der Waals surface area contributed by atoms with Gasteiger partial charge in [-0.1, -0.05) is 0 Å². The number of carbonyl (C=O) groups is 1. The van der Waals surface area contributed by atoms with E-state index in [2.05, 4.69) is 5.32 Å². The molecular formula is C13H11NO4. The molecule has 0 saturated heterocycles. The molecule has 0 aliphatic carbocycles. The lowest BCUT2D eigenvalue weighted by atomic mass is 10.1. The predicted octanol–water partition coefficient (Wildman–Crippen LogP) is 1.26. The third kappa shape index (κ3) is 2.24. The maximum atomic E-state index is 12.0. The first-order chi connectivity index (χ1) is 8.61. The zero-order valence-corrected chi connectivity index (χ0v) is 9.64. The highest BCUT2D eigenvalue weighted by atomic mass is 16.3. The van der Waals surface area contributed by atoms with Crippen LogP contribution in [-0.4, -0.2) is 18.1 Å². The lowest BCUT2D eigenvalue weighted by Gasteiger charge is -1.99. The Morgan fingerprint density at radius 3 is 2.94 bits per heavy atom. The molecule has 0 aliphatic rings. The quantitative estimate of drug-likeness (QED) is 0.780. The van der Waals surface area contributed by atoms with E-state index in [0.717, 1.165) is 0 Å². The number of phenols is 1. The molecule has 1 aromatic carbocycles. The van der Waals surface area contributed by atoms with Crippen molar-refractivity contribution >= 4 is 23.0 Å². The van der Waals surface area contributed by atoms with E-state index in [1.54, 1.807) is 0 Å². The van der Waals surface area contributed by atoms with Crippen molar-refractivity contribution in [1.82, 2.24) is 5.32 Å². The molecule has 0 aliphatic heterocycles. The van der Waals surface area contributed by atoms with Crippen molar-refractivity contribution in [2.24, 2.45) is 0 Å². The van der Waals surface area contributed by atoms with Crippen LogP contribution in [0.3, 0.4) is 0 Å². The number of aromatic hydroxyl groups is 1. The summed E-state index contributed by atoms with van der Waals surface area (Å²) in [5.74, 6) is -0.278. The smallest absolute Gasteiger partial charge is 0.243 e. The number of likely N-dealkylation sites (N-methyl/N-ethyl adjacent to an activating group) is 1. The Morgan fingerprint density at radius 1 is 1.44 bits per heavy atom. The Bertz CT molecular complexity index is 685. The Labute approximate surface area is 102 Å². The Morgan fingerprint density at radius 2 is 2.22 bits per heavy atom. The largest absolute Gasteiger partial charge is 0.508 e. The minimum atomic E-state index is -0.305. The van der Waals surface area contributed by atoms with Crippen LogP contribution in [0.2, 0.25) is 0 Å². The first-order valence-electron chi connectivity index (χ1n) is 5.26. The Balaban J connectivity index is 2.52. The fourth-order valence-electron chi connectivity index (χ4n) is 1.50. The highest BCUT2D eigenvalue weighted by Gasteiger charge is 2.05. The SMILES string of the molecule is CNC(=O)/C=C/c1coc2cc(O)ccc2c1=O. The topological polar surface area (TPSA) is 79.5 Å². The molecule has 2 rings (SSSR count). The van der Waals surface area contributed by atoms with Crippen LogP contribution in [0.15, 0.2) is 39.7 Å². The van der Waals surface area contributed by atoms with Gasteiger partial charge in [0.1, 0.15) is 17.6 Å². The van der Waals surface area contributed by atoms with Crippen LogP contribution in [0.4, 0.5) is 0 Å². The second-order valence-corrected chi connectivity index (χ2v) is 3.65. The molecule has 18 heavy (non-hydrogen) atoms. The van der Waals surface area contributed by atoms with Crippen LogP contribution in [0, 0.1) is 0 Å². The minimum Gasteiger partial charge on any atom is -0.508 e. The number of hydrogen-bond acceptors (Lipinski definition) is 4. The van der Waals surface area contributed by atoms with E-state index in [0.29, 0.717) is 11.0 Å². The van der Waals surface area contributed by atoms with Gasteiger partial charge in [0, 0.05) is 19.2 Å². The average molecular weight is 245 g/mol. The van der Waals surface area contributed by atoms with E-state index in [1.165, 1.54) is 43.7 Å². The predicted molar refractivity (Wildman–Crippen MR) is 67.2 cm³/mol. The molecule has 0 saturated carbocycles. The summed E-state index contributed by atoms with van der Waals surface area (Å²) in [7, 11) is 1.50. The van der Waals surface area contributed by atoms with E-state index in [4.69, 9.17) is 4.42 Å². The third-order valence-electron chi connectivity index (χ3n) is 2.45. The molecular weight excluding hydrogens is 234 g/mol. The zero-order chi connectivity index (χ0) is 13.1. The zero-order valence-electron chi connectivity index (χ0n) is 9.64. The van der Waals surface area contributed by atoms with Gasteiger partial charge in [-0.15, -0.1) is 0 Å². The molecule has 0 bridgehead atoms. The lowest BCUT2D eigenvalue weighted by molar-refractivity contribution is -0.115. The van der Waals surface area contributed by atoms with E-state index >= 15 is 0 Å². The summed E-state index contributed by atoms with van der Waals surface area (Å²) in [6, 6.07) is 4.25. The first-order valence-corrected chi connectivity index (χ1v) is 5.26. The molecule has 2 N–H and O–H groups in total. The number of benzene rings is 1. The molecule has 1 aromatic heterocycles. The summed E-state index contributed by atoms with van der Waals surface area (Å²) in [4.78, 5) is 23.1. The summed E-state index contributed by atoms with van der Waals surface area (Å²) in [6.07, 6.45) is 3.89. The van der Waals surface area contributed by atoms with Gasteiger partial charge in [0.25, 0.3) is 0 Å². The number of carbonyl (C=O) groups excluding carboxylic acids is 1. The molecule has 5 heteroatoms. The molecule has 0 unspecified atom stereocenters. The summed E-state index contributed by atoms with van der Waals surface area (Å²) in [5.41, 5.74) is 0.324. The third-order valence-corrected chi connectivity index (χ3v) is 2.45. The van der Waals surface area contributed by atoms with Crippen molar-refractivity contribution in [3.63, 3.8) is 0 Å². The summed E-state index contributed by atoms with van der Waals surface area (Å²) in [5, 5.41) is 12.0. The number of nitrogens with one attached hydrogen (secondary N) is 1. The van der Waals surface area contributed by atoms with Gasteiger partial charge in [0.15, 0.2) is 5.43 Å². The molecule has 0 fully saturated rings. The van der Waals surface area contributed by atoms with Gasteiger partial charge in [0.2, 0.25) is 5.91 Å². The summed E-state index contributed by atoms with van der Waals surface area (Å²) in [6.45, 7) is 0. The second kappa shape index (κ2) is 4.75. The van der Waals surface area contributed by atoms with Gasteiger partial charge in [0.05, 0.1) is 10.9 Å². The summed E-state index contributed by atoms with van der Waals surface area (Å²) < 4.78 is 5.23. The highest BCUT2D eigenvalue weighted by molar-refractivity contribution is 5.92. The average Bonchev–Trinajstić information content (AvgIpc) is 2.37. The molecule has 1 amide bonds. The highest BCUT2D eigenvalue weighted by Crippen LogP contribution is 2.17. The van der Waals surface area contributed by atoms with Crippen LogP contribution >= 0.6 is 0 Å². The van der Waals surface area contributed by atoms with Crippen LogP contribution in [0.1, 0.15) is 5.56 Å². The van der Waals surface area contributed by atoms with E-state index < -0.39 is 0 Å². The first kappa shape index (κ1) is 11.9. The minimum absolute atomic E-state index is 0.0271. The molecule has 0 atom stereocenters. The van der Waals surface area contributed by atoms with Gasteiger partial charge in [-0.05, 0) is 18.2 Å². The fourth-order valence-corrected chi connectivity index (χ4v) is 1.50. The molecule has 5 nitrogen and oxygen atoms in total. The number of fused-ring (bicyclic) bond motifs is 1. The van der Waals surface area contributed by atoms with Gasteiger partial charge in [-0.3, -0.25) is 9.59 Å². The summed E-state index contributed by atoms with van der Waals surface area (Å²) >= 11 is 0. The van der Waals surface area contributed by atoms with Crippen LogP contribution in [-0.2, 0) is 4.79 Å². The Kier molecular flexibility index (Phi) is 3.14. The maximum Gasteiger partial charge on any atom is 0.243 e.